The lowest BCUT2D eigenvalue weighted by Crippen LogP contribution is -1.97. The molecule has 0 aliphatic heterocycles. The SMILES string of the molecule is O=C(/C=C/c1cn(Cc2ccccc2)c2ccccc12)c1ccccc1. The first kappa shape index (κ1) is 16.1. The molecule has 1 aromatic heterocycles. The van der Waals surface area contributed by atoms with Crippen LogP contribution in [0.15, 0.2) is 97.2 Å². The highest BCUT2D eigenvalue weighted by Gasteiger charge is 2.07. The summed E-state index contributed by atoms with van der Waals surface area (Å²) in [4.78, 5) is 12.4. The molecular weight excluding hydrogens is 318 g/mol. The summed E-state index contributed by atoms with van der Waals surface area (Å²) in [6.07, 6.45) is 5.69. The monoisotopic (exact) mass is 337 g/mol. The summed E-state index contributed by atoms with van der Waals surface area (Å²) in [6, 6.07) is 28.1. The van der Waals surface area contributed by atoms with Gasteiger partial charge in [0.05, 0.1) is 0 Å². The van der Waals surface area contributed by atoms with Gasteiger partial charge in [-0.25, -0.2) is 0 Å². The van der Waals surface area contributed by atoms with Crippen LogP contribution in [0, 0.1) is 0 Å². The van der Waals surface area contributed by atoms with Crippen molar-refractivity contribution < 1.29 is 4.79 Å². The third-order valence-electron chi connectivity index (χ3n) is 4.49. The Morgan fingerprint density at radius 1 is 0.808 bits per heavy atom. The number of fused-ring (bicyclic) bond motifs is 1. The summed E-state index contributed by atoms with van der Waals surface area (Å²) in [5.74, 6) is 0.0190. The maximum absolute atomic E-state index is 12.4. The molecule has 4 rings (SSSR count). The van der Waals surface area contributed by atoms with Crippen molar-refractivity contribution in [3.8, 4) is 0 Å². The smallest absolute Gasteiger partial charge is 0.185 e. The summed E-state index contributed by atoms with van der Waals surface area (Å²) < 4.78 is 2.23. The van der Waals surface area contributed by atoms with Crippen molar-refractivity contribution in [2.24, 2.45) is 0 Å². The Labute approximate surface area is 153 Å². The summed E-state index contributed by atoms with van der Waals surface area (Å²) in [5, 5.41) is 1.15. The molecule has 0 aliphatic carbocycles. The zero-order chi connectivity index (χ0) is 17.8. The number of benzene rings is 3. The van der Waals surface area contributed by atoms with Crippen molar-refractivity contribution in [2.45, 2.75) is 6.54 Å². The van der Waals surface area contributed by atoms with Crippen LogP contribution in [0.4, 0.5) is 0 Å². The minimum atomic E-state index is 0.0190. The van der Waals surface area contributed by atoms with E-state index in [9.17, 15) is 4.79 Å². The maximum Gasteiger partial charge on any atom is 0.185 e. The average molecular weight is 337 g/mol. The number of aromatic nitrogens is 1. The normalized spacial score (nSPS) is 11.2. The Morgan fingerprint density at radius 2 is 1.46 bits per heavy atom. The van der Waals surface area contributed by atoms with Crippen molar-refractivity contribution >= 4 is 22.8 Å². The lowest BCUT2D eigenvalue weighted by Gasteiger charge is -2.05. The molecule has 0 N–H and O–H groups in total. The fourth-order valence-electron chi connectivity index (χ4n) is 3.18. The lowest BCUT2D eigenvalue weighted by atomic mass is 10.1. The van der Waals surface area contributed by atoms with E-state index in [-0.39, 0.29) is 5.78 Å². The minimum Gasteiger partial charge on any atom is -0.342 e. The molecule has 0 amide bonds. The number of hydrogen-bond donors (Lipinski definition) is 0. The van der Waals surface area contributed by atoms with Gasteiger partial charge in [0.15, 0.2) is 5.78 Å². The molecule has 0 aliphatic rings. The second-order valence-electron chi connectivity index (χ2n) is 6.28. The van der Waals surface area contributed by atoms with Crippen LogP contribution < -0.4 is 0 Å². The molecule has 0 bridgehead atoms. The van der Waals surface area contributed by atoms with Gasteiger partial charge >= 0.3 is 0 Å². The van der Waals surface area contributed by atoms with Crippen LogP contribution in [-0.4, -0.2) is 10.4 Å². The Kier molecular flexibility index (Phi) is 4.48. The van der Waals surface area contributed by atoms with E-state index in [1.807, 2.05) is 54.6 Å². The van der Waals surface area contributed by atoms with Crippen LogP contribution in [0.3, 0.4) is 0 Å². The predicted molar refractivity (Wildman–Crippen MR) is 107 cm³/mol. The van der Waals surface area contributed by atoms with E-state index in [1.54, 1.807) is 6.08 Å². The van der Waals surface area contributed by atoms with Gasteiger partial charge in [0.1, 0.15) is 0 Å². The van der Waals surface area contributed by atoms with E-state index in [1.165, 1.54) is 11.1 Å². The molecule has 2 nitrogen and oxygen atoms in total. The zero-order valence-corrected chi connectivity index (χ0v) is 14.4. The molecule has 0 fully saturated rings. The average Bonchev–Trinajstić information content (AvgIpc) is 3.05. The Balaban J connectivity index is 1.67. The molecule has 26 heavy (non-hydrogen) atoms. The van der Waals surface area contributed by atoms with Crippen molar-refractivity contribution in [2.75, 3.05) is 0 Å². The molecule has 0 saturated carbocycles. The second kappa shape index (κ2) is 7.24. The van der Waals surface area contributed by atoms with Crippen LogP contribution in [-0.2, 0) is 6.54 Å². The van der Waals surface area contributed by atoms with Crippen molar-refractivity contribution in [3.63, 3.8) is 0 Å². The molecule has 4 aromatic rings. The number of nitrogens with zero attached hydrogens (tertiary/aromatic N) is 1. The van der Waals surface area contributed by atoms with Crippen molar-refractivity contribution in [1.82, 2.24) is 4.57 Å². The Bertz CT molecular complexity index is 1060. The minimum absolute atomic E-state index is 0.0190. The van der Waals surface area contributed by atoms with E-state index in [2.05, 4.69) is 47.2 Å². The molecule has 2 heteroatoms. The van der Waals surface area contributed by atoms with Gasteiger partial charge in [0.2, 0.25) is 0 Å². The first-order chi connectivity index (χ1) is 12.8. The van der Waals surface area contributed by atoms with Crippen LogP contribution in [0.1, 0.15) is 21.5 Å². The van der Waals surface area contributed by atoms with Gasteiger partial charge in [-0.05, 0) is 23.8 Å². The highest BCUT2D eigenvalue weighted by molar-refractivity contribution is 6.07. The number of ketones is 1. The number of para-hydroxylation sites is 1. The lowest BCUT2D eigenvalue weighted by molar-refractivity contribution is 0.104. The fourth-order valence-corrected chi connectivity index (χ4v) is 3.18. The van der Waals surface area contributed by atoms with E-state index >= 15 is 0 Å². The standard InChI is InChI=1S/C24H19NO/c26-24(20-11-5-2-6-12-20)16-15-21-18-25(17-19-9-3-1-4-10-19)23-14-8-7-13-22(21)23/h1-16,18H,17H2/b16-15+. The van der Waals surface area contributed by atoms with Crippen LogP contribution in [0.25, 0.3) is 17.0 Å². The van der Waals surface area contributed by atoms with E-state index in [4.69, 9.17) is 0 Å². The van der Waals surface area contributed by atoms with Gasteiger partial charge in [-0.15, -0.1) is 0 Å². The van der Waals surface area contributed by atoms with Crippen LogP contribution in [0.5, 0.6) is 0 Å². The molecule has 0 radical (unpaired) electrons. The van der Waals surface area contributed by atoms with Crippen LogP contribution in [0.2, 0.25) is 0 Å². The molecular formula is C24H19NO. The molecule has 0 atom stereocenters. The zero-order valence-electron chi connectivity index (χ0n) is 14.4. The highest BCUT2D eigenvalue weighted by Crippen LogP contribution is 2.23. The van der Waals surface area contributed by atoms with Gasteiger partial charge in [0.25, 0.3) is 0 Å². The third kappa shape index (κ3) is 3.35. The first-order valence-corrected chi connectivity index (χ1v) is 8.70. The molecule has 0 spiro atoms. The largest absolute Gasteiger partial charge is 0.342 e. The van der Waals surface area contributed by atoms with Gasteiger partial charge in [0, 0.05) is 34.8 Å². The maximum atomic E-state index is 12.4. The van der Waals surface area contributed by atoms with E-state index in [0.29, 0.717) is 5.56 Å². The predicted octanol–water partition coefficient (Wildman–Crippen LogP) is 5.59. The summed E-state index contributed by atoms with van der Waals surface area (Å²) in [6.45, 7) is 0.807. The van der Waals surface area contributed by atoms with Gasteiger partial charge < -0.3 is 4.57 Å². The molecule has 126 valence electrons. The van der Waals surface area contributed by atoms with Gasteiger partial charge in [-0.1, -0.05) is 78.9 Å². The summed E-state index contributed by atoms with van der Waals surface area (Å²) in [5.41, 5.74) is 4.19. The fraction of sp³-hybridized carbons (Fsp3) is 0.0417. The van der Waals surface area contributed by atoms with Gasteiger partial charge in [-0.2, -0.15) is 0 Å². The van der Waals surface area contributed by atoms with Crippen molar-refractivity contribution in [1.29, 1.82) is 0 Å². The number of allylic oxidation sites excluding steroid dienone is 1. The number of hydrogen-bond acceptors (Lipinski definition) is 1. The molecule has 1 heterocycles. The van der Waals surface area contributed by atoms with Crippen molar-refractivity contribution in [3.05, 3.63) is 114 Å². The Hall–Kier alpha value is -3.39. The van der Waals surface area contributed by atoms with E-state index < -0.39 is 0 Å². The molecule has 3 aromatic carbocycles. The number of carbonyl (C=O) groups excluding carboxylic acids is 1. The number of carbonyl (C=O) groups is 1. The number of rotatable bonds is 5. The quantitative estimate of drug-likeness (QED) is 0.344. The molecule has 0 unspecified atom stereocenters. The molecule has 0 saturated heterocycles. The second-order valence-corrected chi connectivity index (χ2v) is 6.28. The van der Waals surface area contributed by atoms with Gasteiger partial charge in [-0.3, -0.25) is 4.79 Å². The van der Waals surface area contributed by atoms with Crippen LogP contribution >= 0.6 is 0 Å². The Morgan fingerprint density at radius 3 is 2.23 bits per heavy atom. The summed E-state index contributed by atoms with van der Waals surface area (Å²) in [7, 11) is 0. The third-order valence-corrected chi connectivity index (χ3v) is 4.49. The highest BCUT2D eigenvalue weighted by atomic mass is 16.1. The van der Waals surface area contributed by atoms with E-state index in [0.717, 1.165) is 17.5 Å². The summed E-state index contributed by atoms with van der Waals surface area (Å²) >= 11 is 0. The first-order valence-electron chi connectivity index (χ1n) is 8.70. The topological polar surface area (TPSA) is 22.0 Å².